The minimum absolute atomic E-state index is 0. The first-order valence-corrected chi connectivity index (χ1v) is 2.90. The molecule has 0 bridgehead atoms. The quantitative estimate of drug-likeness (QED) is 0.319. The van der Waals surface area contributed by atoms with Crippen molar-refractivity contribution in [2.24, 2.45) is 0 Å². The van der Waals surface area contributed by atoms with E-state index < -0.39 is 32.9 Å². The van der Waals surface area contributed by atoms with E-state index in [4.69, 9.17) is 5.11 Å². The molecule has 0 aromatic rings. The van der Waals surface area contributed by atoms with Crippen LogP contribution in [0.25, 0.3) is 0 Å². The zero-order valence-corrected chi connectivity index (χ0v) is 6.85. The van der Waals surface area contributed by atoms with Crippen LogP contribution in [0.15, 0.2) is 0 Å². The van der Waals surface area contributed by atoms with Crippen molar-refractivity contribution >= 4 is 5.97 Å². The highest BCUT2D eigenvalue weighted by Crippen LogP contribution is 2.16. The van der Waals surface area contributed by atoms with E-state index in [0.29, 0.717) is 0 Å². The van der Waals surface area contributed by atoms with Crippen LogP contribution in [0.5, 0.6) is 0 Å². The molecule has 86 valence electrons. The van der Waals surface area contributed by atoms with E-state index in [1.54, 1.807) is 0 Å². The lowest BCUT2D eigenvalue weighted by molar-refractivity contribution is -0.968. The molecule has 3 N–H and O–H groups in total. The molecule has 0 heterocycles. The fourth-order valence-electron chi connectivity index (χ4n) is 0.597. The number of hydrogen-bond donors (Lipinski definition) is 1. The van der Waals surface area contributed by atoms with Gasteiger partial charge in [0, 0.05) is 0 Å². The zero-order chi connectivity index (χ0) is 11.5. The summed E-state index contributed by atoms with van der Waals surface area (Å²) in [7, 11) is 0. The Labute approximate surface area is 79.9 Å². The zero-order valence-electron chi connectivity index (χ0n) is 6.85. The minimum atomic E-state index is -3.91. The van der Waals surface area contributed by atoms with Gasteiger partial charge in [0.25, 0.3) is 6.42 Å². The maximum Gasteiger partial charge on any atom is 0.710 e. The molecule has 0 aliphatic heterocycles. The predicted molar refractivity (Wildman–Crippen MR) is 39.6 cm³/mol. The topological polar surface area (TPSA) is 198 Å². The summed E-state index contributed by atoms with van der Waals surface area (Å²) in [6, 6.07) is 0. The van der Waals surface area contributed by atoms with Crippen LogP contribution in [0.2, 0.25) is 0 Å². The highest BCUT2D eigenvalue weighted by molar-refractivity contribution is 5.67. The van der Waals surface area contributed by atoms with Crippen LogP contribution < -0.4 is 0 Å². The second-order valence-electron chi connectivity index (χ2n) is 2.12. The Morgan fingerprint density at radius 2 is 1.33 bits per heavy atom. The van der Waals surface area contributed by atoms with Gasteiger partial charge in [-0.3, -0.25) is 35.1 Å². The van der Waals surface area contributed by atoms with Crippen LogP contribution in [0.4, 0.5) is 0 Å². The molecule has 0 aliphatic carbocycles. The molecule has 0 radical (unpaired) electrons. The van der Waals surface area contributed by atoms with Crippen molar-refractivity contribution in [1.29, 1.82) is 0 Å². The molecule has 0 fully saturated rings. The van der Waals surface area contributed by atoms with Crippen LogP contribution >= 0.6 is 0 Å². The Kier molecular flexibility index (Phi) is 4.79. The van der Waals surface area contributed by atoms with Crippen LogP contribution in [0.3, 0.4) is 0 Å². The molecule has 0 aromatic heterocycles. The van der Waals surface area contributed by atoms with Crippen LogP contribution in [0, 0.1) is 30.3 Å². The minimum Gasteiger partial charge on any atom is -0.481 e. The van der Waals surface area contributed by atoms with Crippen LogP contribution in [-0.2, 0) is 4.79 Å². The second-order valence-corrected chi connectivity index (χ2v) is 2.12. The van der Waals surface area contributed by atoms with Gasteiger partial charge in [-0.25, -0.2) is 0 Å². The van der Waals surface area contributed by atoms with E-state index in [1.165, 1.54) is 0 Å². The maximum absolute atomic E-state index is 10.1. The number of hydrogen-bond acceptors (Lipinski definition) is 7. The molecule has 0 rings (SSSR count). The number of carboxylic acids is 1. The molecule has 0 saturated heterocycles. The normalized spacial score (nSPS) is 9.87. The second kappa shape index (κ2) is 4.75. The molecule has 0 aromatic carbocycles. The largest absolute Gasteiger partial charge is 0.710 e. The number of rotatable bonds is 5. The molecule has 0 amide bonds. The summed E-state index contributed by atoms with van der Waals surface area (Å²) < 4.78 is 0. The first kappa shape index (κ1) is 15.1. The lowest BCUT2D eigenvalue weighted by Gasteiger charge is -2.05. The lowest BCUT2D eigenvalue weighted by atomic mass is 10.2. The van der Waals surface area contributed by atoms with E-state index in [9.17, 15) is 35.1 Å². The van der Waals surface area contributed by atoms with E-state index in [2.05, 4.69) is 0 Å². The molecule has 0 saturated carbocycles. The molecule has 0 spiro atoms. The third-order valence-corrected chi connectivity index (χ3v) is 1.27. The predicted octanol–water partition coefficient (Wildman–Crippen LogP) is -1.88. The molecular weight excluding hydrogens is 222 g/mol. The third kappa shape index (κ3) is 2.53. The van der Waals surface area contributed by atoms with E-state index in [-0.39, 0.29) is 5.48 Å². The average Bonchev–Trinajstić information content (AvgIpc) is 1.97. The standard InChI is InChI=1S/C3H3N3O8.H2O/c7-2(8)1-3(4(9)10,5(11)12)6(13)14;/h1H2,(H,7,8);1H2. The van der Waals surface area contributed by atoms with Crippen LogP contribution in [0.1, 0.15) is 6.42 Å². The summed E-state index contributed by atoms with van der Waals surface area (Å²) >= 11 is 0. The van der Waals surface area contributed by atoms with Gasteiger partial charge in [-0.05, 0) is 0 Å². The van der Waals surface area contributed by atoms with Crippen molar-refractivity contribution in [3.05, 3.63) is 30.3 Å². The molecule has 12 nitrogen and oxygen atoms in total. The molecule has 0 atom stereocenters. The summed E-state index contributed by atoms with van der Waals surface area (Å²) in [6.07, 6.45) is -1.82. The fraction of sp³-hybridized carbons (Fsp3) is 0.667. The summed E-state index contributed by atoms with van der Waals surface area (Å²) in [5.41, 5.74) is 0. The number of carboxylic acid groups (broad SMARTS) is 1. The molecule has 0 aliphatic rings. The fourth-order valence-corrected chi connectivity index (χ4v) is 0.597. The monoisotopic (exact) mass is 227 g/mol. The number of nitrogens with zero attached hydrogens (tertiary/aromatic N) is 3. The summed E-state index contributed by atoms with van der Waals surface area (Å²) in [5, 5.41) is 38.4. The van der Waals surface area contributed by atoms with Gasteiger partial charge >= 0.3 is 11.8 Å². The van der Waals surface area contributed by atoms with Gasteiger partial charge in [-0.2, -0.15) is 0 Å². The van der Waals surface area contributed by atoms with Crippen LogP contribution in [-0.4, -0.2) is 37.1 Å². The van der Waals surface area contributed by atoms with Gasteiger partial charge in [0.2, 0.25) is 0 Å². The summed E-state index contributed by atoms with van der Waals surface area (Å²) in [6.45, 7) is 0. The highest BCUT2D eigenvalue weighted by atomic mass is 16.7. The Bertz CT molecular complexity index is 274. The van der Waals surface area contributed by atoms with Crippen molar-refractivity contribution in [2.45, 2.75) is 12.2 Å². The van der Waals surface area contributed by atoms with Gasteiger partial charge in [0.05, 0.1) is 0 Å². The molecule has 0 unspecified atom stereocenters. The van der Waals surface area contributed by atoms with E-state index in [1.807, 2.05) is 0 Å². The molecule has 15 heavy (non-hydrogen) atoms. The Morgan fingerprint density at radius 1 is 1.07 bits per heavy atom. The molecule has 12 heteroatoms. The third-order valence-electron chi connectivity index (χ3n) is 1.27. The first-order valence-electron chi connectivity index (χ1n) is 2.90. The smallest absolute Gasteiger partial charge is 0.481 e. The average molecular weight is 227 g/mol. The lowest BCUT2D eigenvalue weighted by Crippen LogP contribution is -2.54. The Hall–Kier alpha value is -2.37. The first-order chi connectivity index (χ1) is 6.25. The van der Waals surface area contributed by atoms with Gasteiger partial charge in [0.1, 0.15) is 0 Å². The Balaban J connectivity index is 0. The molecular formula is C3H5N3O9. The number of aliphatic carboxylic acids is 1. The van der Waals surface area contributed by atoms with Gasteiger partial charge < -0.3 is 10.6 Å². The van der Waals surface area contributed by atoms with Gasteiger partial charge in [-0.1, -0.05) is 0 Å². The van der Waals surface area contributed by atoms with Crippen molar-refractivity contribution in [3.63, 3.8) is 0 Å². The van der Waals surface area contributed by atoms with E-state index in [0.717, 1.165) is 0 Å². The van der Waals surface area contributed by atoms with Gasteiger partial charge in [-0.15, -0.1) is 0 Å². The number of nitro groups is 3. The summed E-state index contributed by atoms with van der Waals surface area (Å²) in [4.78, 5) is 34.8. The van der Waals surface area contributed by atoms with E-state index >= 15 is 0 Å². The summed E-state index contributed by atoms with van der Waals surface area (Å²) in [5.74, 6) is -5.92. The van der Waals surface area contributed by atoms with Crippen molar-refractivity contribution in [3.8, 4) is 0 Å². The SMILES string of the molecule is O.O=C(O)CC([N+](=O)[O-])([N+](=O)[O-])[N+](=O)[O-]. The maximum atomic E-state index is 10.1. The Morgan fingerprint density at radius 3 is 1.40 bits per heavy atom. The van der Waals surface area contributed by atoms with Crippen molar-refractivity contribution in [1.82, 2.24) is 0 Å². The van der Waals surface area contributed by atoms with Crippen molar-refractivity contribution in [2.75, 3.05) is 0 Å². The number of carbonyl (C=O) groups is 1. The van der Waals surface area contributed by atoms with Gasteiger partial charge in [0.15, 0.2) is 14.8 Å². The highest BCUT2D eigenvalue weighted by Gasteiger charge is 2.71. The van der Waals surface area contributed by atoms with Crippen molar-refractivity contribution < 1.29 is 30.1 Å².